The summed E-state index contributed by atoms with van der Waals surface area (Å²) in [5.41, 5.74) is 7.95. The van der Waals surface area contributed by atoms with Gasteiger partial charge in [-0.2, -0.15) is 5.10 Å². The van der Waals surface area contributed by atoms with Crippen LogP contribution in [0.5, 0.6) is 0 Å². The minimum atomic E-state index is 0.0434. The number of aliphatic hydroxyl groups excluding tert-OH is 1. The third kappa shape index (κ3) is 4.62. The number of hydrogen-bond acceptors (Lipinski definition) is 7. The first-order chi connectivity index (χ1) is 15.1. The number of ether oxygens (including phenoxy) is 1. The van der Waals surface area contributed by atoms with Crippen LogP contribution in [0, 0.1) is 6.92 Å². The Balaban J connectivity index is 1.71. The molecule has 2 aromatic heterocycles. The number of anilines is 2. The smallest absolute Gasteiger partial charge is 0.164 e. The average Bonchev–Trinajstić information content (AvgIpc) is 3.15. The Bertz CT molecular complexity index is 1070. The maximum Gasteiger partial charge on any atom is 0.164 e. The SMILES string of the molecule is Cc1cccc(/C(=N/Nc2cc(N3CCOCC3)c3ncn(C)c3n2)N(C)CCO)c1. The van der Waals surface area contributed by atoms with Gasteiger partial charge in [0, 0.05) is 45.4 Å². The summed E-state index contributed by atoms with van der Waals surface area (Å²) in [6, 6.07) is 10.1. The van der Waals surface area contributed by atoms with Gasteiger partial charge in [0.1, 0.15) is 5.52 Å². The maximum absolute atomic E-state index is 9.42. The van der Waals surface area contributed by atoms with E-state index in [0.29, 0.717) is 25.6 Å². The molecule has 0 unspecified atom stereocenters. The van der Waals surface area contributed by atoms with Crippen molar-refractivity contribution in [1.82, 2.24) is 19.4 Å². The quantitative estimate of drug-likeness (QED) is 0.355. The molecule has 3 aromatic rings. The van der Waals surface area contributed by atoms with E-state index < -0.39 is 0 Å². The number of hydrazone groups is 1. The van der Waals surface area contributed by atoms with Gasteiger partial charge in [0.15, 0.2) is 17.3 Å². The van der Waals surface area contributed by atoms with Crippen LogP contribution in [-0.2, 0) is 11.8 Å². The van der Waals surface area contributed by atoms with Crippen LogP contribution in [0.3, 0.4) is 0 Å². The summed E-state index contributed by atoms with van der Waals surface area (Å²) in [5, 5.41) is 14.1. The highest BCUT2D eigenvalue weighted by Crippen LogP contribution is 2.28. The molecule has 9 heteroatoms. The van der Waals surface area contributed by atoms with Crippen LogP contribution in [0.2, 0.25) is 0 Å². The van der Waals surface area contributed by atoms with E-state index in [1.54, 1.807) is 6.33 Å². The minimum absolute atomic E-state index is 0.0434. The Kier molecular flexibility index (Phi) is 6.34. The Hall–Kier alpha value is -3.17. The molecule has 0 atom stereocenters. The summed E-state index contributed by atoms with van der Waals surface area (Å²) < 4.78 is 7.42. The van der Waals surface area contributed by atoms with Gasteiger partial charge in [-0.25, -0.2) is 9.97 Å². The third-order valence-corrected chi connectivity index (χ3v) is 5.35. The lowest BCUT2D eigenvalue weighted by molar-refractivity contribution is 0.123. The van der Waals surface area contributed by atoms with Crippen LogP contribution in [-0.4, -0.2) is 76.9 Å². The number of nitrogens with one attached hydrogen (secondary N) is 1. The first kappa shape index (κ1) is 21.1. The number of morpholine rings is 1. The second kappa shape index (κ2) is 9.32. The minimum Gasteiger partial charge on any atom is -0.395 e. The standard InChI is InChI=1S/C22H29N7O2/c1-16-5-4-6-17(13-16)21(27(2)7-10-30)26-25-19-14-18(29-8-11-31-12-9-29)20-22(24-19)28(3)15-23-20/h4-6,13-15,30H,7-12H2,1-3H3,(H,24,25)/b26-21-. The van der Waals surface area contributed by atoms with Crippen molar-refractivity contribution in [3.05, 3.63) is 47.8 Å². The molecular weight excluding hydrogens is 394 g/mol. The van der Waals surface area contributed by atoms with E-state index in [4.69, 9.17) is 9.72 Å². The molecule has 4 rings (SSSR count). The number of rotatable bonds is 6. The van der Waals surface area contributed by atoms with Gasteiger partial charge in [-0.05, 0) is 13.0 Å². The summed E-state index contributed by atoms with van der Waals surface area (Å²) in [5.74, 6) is 1.37. The van der Waals surface area contributed by atoms with Gasteiger partial charge in [-0.3, -0.25) is 5.43 Å². The van der Waals surface area contributed by atoms with Crippen LogP contribution in [0.4, 0.5) is 11.5 Å². The highest BCUT2D eigenvalue weighted by molar-refractivity contribution is 5.99. The summed E-state index contributed by atoms with van der Waals surface area (Å²) in [6.07, 6.45) is 1.78. The second-order valence-corrected chi connectivity index (χ2v) is 7.72. The molecule has 3 heterocycles. The van der Waals surface area contributed by atoms with Crippen molar-refractivity contribution in [2.45, 2.75) is 6.92 Å². The Morgan fingerprint density at radius 1 is 1.29 bits per heavy atom. The predicted octanol–water partition coefficient (Wildman–Crippen LogP) is 1.81. The molecule has 31 heavy (non-hydrogen) atoms. The number of aryl methyl sites for hydroxylation is 2. The number of pyridine rings is 1. The van der Waals surface area contributed by atoms with Crippen LogP contribution in [0.1, 0.15) is 11.1 Å². The number of aromatic nitrogens is 3. The number of nitrogens with zero attached hydrogens (tertiary/aromatic N) is 6. The zero-order valence-corrected chi connectivity index (χ0v) is 18.2. The zero-order valence-electron chi connectivity index (χ0n) is 18.2. The molecule has 164 valence electrons. The van der Waals surface area contributed by atoms with E-state index in [2.05, 4.69) is 26.5 Å². The molecule has 0 saturated carbocycles. The summed E-state index contributed by atoms with van der Waals surface area (Å²) in [4.78, 5) is 13.5. The van der Waals surface area contributed by atoms with Crippen LogP contribution in [0.25, 0.3) is 11.2 Å². The highest BCUT2D eigenvalue weighted by atomic mass is 16.5. The summed E-state index contributed by atoms with van der Waals surface area (Å²) >= 11 is 0. The van der Waals surface area contributed by atoms with E-state index >= 15 is 0 Å². The van der Waals surface area contributed by atoms with E-state index in [-0.39, 0.29) is 6.61 Å². The Labute approximate surface area is 182 Å². The van der Waals surface area contributed by atoms with Gasteiger partial charge < -0.3 is 24.2 Å². The largest absolute Gasteiger partial charge is 0.395 e. The van der Waals surface area contributed by atoms with Gasteiger partial charge in [0.05, 0.1) is 31.8 Å². The van der Waals surface area contributed by atoms with Gasteiger partial charge in [0.2, 0.25) is 0 Å². The lowest BCUT2D eigenvalue weighted by atomic mass is 10.1. The highest BCUT2D eigenvalue weighted by Gasteiger charge is 2.18. The van der Waals surface area contributed by atoms with Crippen LogP contribution < -0.4 is 10.3 Å². The number of likely N-dealkylation sites (N-methyl/N-ethyl adjacent to an activating group) is 1. The molecule has 1 fully saturated rings. The molecule has 1 saturated heterocycles. The lowest BCUT2D eigenvalue weighted by Gasteiger charge is -2.29. The molecule has 9 nitrogen and oxygen atoms in total. The Morgan fingerprint density at radius 2 is 2.10 bits per heavy atom. The fraction of sp³-hybridized carbons (Fsp3) is 0.409. The number of fused-ring (bicyclic) bond motifs is 1. The monoisotopic (exact) mass is 423 g/mol. The molecule has 1 aliphatic heterocycles. The van der Waals surface area contributed by atoms with Crippen LogP contribution in [0.15, 0.2) is 41.8 Å². The topological polar surface area (TPSA) is 91.0 Å². The average molecular weight is 424 g/mol. The second-order valence-electron chi connectivity index (χ2n) is 7.72. The molecule has 0 radical (unpaired) electrons. The maximum atomic E-state index is 9.42. The lowest BCUT2D eigenvalue weighted by Crippen LogP contribution is -2.36. The van der Waals surface area contributed by atoms with Crippen LogP contribution >= 0.6 is 0 Å². The number of aliphatic hydroxyl groups is 1. The van der Waals surface area contributed by atoms with Gasteiger partial charge >= 0.3 is 0 Å². The van der Waals surface area contributed by atoms with Gasteiger partial charge in [0.25, 0.3) is 0 Å². The van der Waals surface area contributed by atoms with Crippen molar-refractivity contribution in [2.24, 2.45) is 12.1 Å². The normalized spacial score (nSPS) is 14.8. The van der Waals surface area contributed by atoms with Crippen molar-refractivity contribution in [2.75, 3.05) is 56.8 Å². The number of benzene rings is 1. The number of imidazole rings is 1. The van der Waals surface area contributed by atoms with E-state index in [9.17, 15) is 5.11 Å². The number of hydrogen-bond donors (Lipinski definition) is 2. The third-order valence-electron chi connectivity index (χ3n) is 5.35. The first-order valence-electron chi connectivity index (χ1n) is 10.4. The molecule has 0 amide bonds. The fourth-order valence-corrected chi connectivity index (χ4v) is 3.70. The Morgan fingerprint density at radius 3 is 2.84 bits per heavy atom. The van der Waals surface area contributed by atoms with Crippen molar-refractivity contribution in [1.29, 1.82) is 0 Å². The fourth-order valence-electron chi connectivity index (χ4n) is 3.70. The van der Waals surface area contributed by atoms with Crippen molar-refractivity contribution in [3.8, 4) is 0 Å². The van der Waals surface area contributed by atoms with Crippen molar-refractivity contribution >= 4 is 28.5 Å². The molecule has 0 bridgehead atoms. The van der Waals surface area contributed by atoms with Gasteiger partial charge in [-0.15, -0.1) is 0 Å². The molecule has 0 aliphatic carbocycles. The van der Waals surface area contributed by atoms with Crippen molar-refractivity contribution < 1.29 is 9.84 Å². The summed E-state index contributed by atoms with van der Waals surface area (Å²) in [6.45, 7) is 5.58. The van der Waals surface area contributed by atoms with E-state index in [1.807, 2.05) is 54.8 Å². The number of amidine groups is 1. The molecule has 1 aliphatic rings. The van der Waals surface area contributed by atoms with Crippen molar-refractivity contribution in [3.63, 3.8) is 0 Å². The summed E-state index contributed by atoms with van der Waals surface area (Å²) in [7, 11) is 3.85. The molecule has 0 spiro atoms. The predicted molar refractivity (Wildman–Crippen MR) is 123 cm³/mol. The zero-order chi connectivity index (χ0) is 21.8. The van der Waals surface area contributed by atoms with E-state index in [1.165, 1.54) is 0 Å². The molecule has 1 aromatic carbocycles. The van der Waals surface area contributed by atoms with E-state index in [0.717, 1.165) is 46.9 Å². The molecule has 2 N–H and O–H groups in total. The molecular formula is C22H29N7O2. The van der Waals surface area contributed by atoms with Gasteiger partial charge in [-0.1, -0.05) is 23.8 Å². The first-order valence-corrected chi connectivity index (χ1v) is 10.4.